The molecule has 5 aromatic rings. The Bertz CT molecular complexity index is 1250. The van der Waals surface area contributed by atoms with Crippen LogP contribution in [0.2, 0.25) is 0 Å². The average molecular weight is 404 g/mol. The van der Waals surface area contributed by atoms with Gasteiger partial charge in [-0.2, -0.15) is 4.98 Å². The Kier molecular flexibility index (Phi) is 5.06. The van der Waals surface area contributed by atoms with E-state index in [1.54, 1.807) is 0 Å². The molecular weight excluding hydrogens is 386 g/mol. The largest absolute Gasteiger partial charge is 0.457 e. The first-order chi connectivity index (χ1) is 13.7. The van der Waals surface area contributed by atoms with Gasteiger partial charge in [-0.05, 0) is 55.5 Å². The summed E-state index contributed by atoms with van der Waals surface area (Å²) in [5, 5.41) is 4.23. The summed E-state index contributed by atoms with van der Waals surface area (Å²) < 4.78 is 11.8. The Labute approximate surface area is 173 Å². The number of aromatic nitrogens is 2. The van der Waals surface area contributed by atoms with Gasteiger partial charge in [0, 0.05) is 11.1 Å². The number of ether oxygens (including phenoxy) is 1. The Hall–Kier alpha value is -3.57. The van der Waals surface area contributed by atoms with E-state index < -0.39 is 0 Å². The molecule has 0 aliphatic heterocycles. The summed E-state index contributed by atoms with van der Waals surface area (Å²) in [4.78, 5) is 9.13. The van der Waals surface area contributed by atoms with Crippen LogP contribution in [-0.4, -0.2) is 9.97 Å². The lowest BCUT2D eigenvalue weighted by Gasteiger charge is -2.11. The van der Waals surface area contributed by atoms with E-state index in [0.717, 1.165) is 44.9 Å². The lowest BCUT2D eigenvalue weighted by Crippen LogP contribution is -1.95. The van der Waals surface area contributed by atoms with Crippen LogP contribution in [0.25, 0.3) is 22.0 Å². The molecule has 0 radical (unpaired) electrons. The minimum atomic E-state index is 0. The van der Waals surface area contributed by atoms with Crippen molar-refractivity contribution in [2.45, 2.75) is 6.92 Å². The van der Waals surface area contributed by atoms with Crippen LogP contribution in [0.4, 0.5) is 11.7 Å². The summed E-state index contributed by atoms with van der Waals surface area (Å²) in [6.07, 6.45) is 0. The zero-order chi connectivity index (χ0) is 18.9. The van der Waals surface area contributed by atoms with Gasteiger partial charge in [-0.25, -0.2) is 0 Å². The van der Waals surface area contributed by atoms with Gasteiger partial charge in [-0.3, -0.25) is 4.98 Å². The van der Waals surface area contributed by atoms with Gasteiger partial charge >= 0.3 is 0 Å². The van der Waals surface area contributed by atoms with Gasteiger partial charge in [-0.15, -0.1) is 12.4 Å². The predicted molar refractivity (Wildman–Crippen MR) is 118 cm³/mol. The van der Waals surface area contributed by atoms with Crippen LogP contribution in [0.15, 0.2) is 83.3 Å². The number of fused-ring (bicyclic) bond motifs is 2. The first-order valence-corrected chi connectivity index (χ1v) is 9.01. The lowest BCUT2D eigenvalue weighted by molar-refractivity contribution is 0.483. The van der Waals surface area contributed by atoms with Crippen LogP contribution in [0, 0.1) is 6.92 Å². The topological polar surface area (TPSA) is 60.2 Å². The summed E-state index contributed by atoms with van der Waals surface area (Å²) >= 11 is 0. The zero-order valence-corrected chi connectivity index (χ0v) is 16.4. The Balaban J connectivity index is 0.00000205. The molecule has 144 valence electrons. The fourth-order valence-corrected chi connectivity index (χ4v) is 3.17. The fraction of sp³-hybridized carbons (Fsp3) is 0.0435. The van der Waals surface area contributed by atoms with Crippen LogP contribution in [0.1, 0.15) is 5.69 Å². The summed E-state index contributed by atoms with van der Waals surface area (Å²) in [6, 6.07) is 25.7. The van der Waals surface area contributed by atoms with Gasteiger partial charge in [0.1, 0.15) is 17.0 Å². The van der Waals surface area contributed by atoms with E-state index in [9.17, 15) is 0 Å². The third-order valence-corrected chi connectivity index (χ3v) is 4.42. The third kappa shape index (κ3) is 3.86. The number of oxazole rings is 1. The van der Waals surface area contributed by atoms with E-state index in [1.807, 2.05) is 85.8 Å². The number of pyridine rings is 1. The molecule has 0 amide bonds. The Morgan fingerprint density at radius 3 is 2.41 bits per heavy atom. The van der Waals surface area contributed by atoms with Crippen molar-refractivity contribution in [2.75, 3.05) is 5.32 Å². The lowest BCUT2D eigenvalue weighted by atomic mass is 10.1. The van der Waals surface area contributed by atoms with Gasteiger partial charge < -0.3 is 14.5 Å². The van der Waals surface area contributed by atoms with E-state index in [4.69, 9.17) is 9.15 Å². The molecule has 0 aliphatic carbocycles. The van der Waals surface area contributed by atoms with Gasteiger partial charge in [0.15, 0.2) is 5.58 Å². The summed E-state index contributed by atoms with van der Waals surface area (Å²) in [5.74, 6) is 1.53. The average Bonchev–Trinajstić information content (AvgIpc) is 3.11. The highest BCUT2D eigenvalue weighted by Gasteiger charge is 2.10. The molecule has 5 nitrogen and oxygen atoms in total. The molecule has 0 aliphatic rings. The van der Waals surface area contributed by atoms with Crippen LogP contribution < -0.4 is 10.1 Å². The number of hydrogen-bond donors (Lipinski definition) is 1. The highest BCUT2D eigenvalue weighted by Crippen LogP contribution is 2.32. The van der Waals surface area contributed by atoms with E-state index in [0.29, 0.717) is 6.01 Å². The molecule has 3 aromatic carbocycles. The van der Waals surface area contributed by atoms with E-state index in [1.165, 1.54) is 0 Å². The number of rotatable bonds is 4. The second kappa shape index (κ2) is 7.81. The molecule has 0 saturated carbocycles. The molecule has 1 N–H and O–H groups in total. The van der Waals surface area contributed by atoms with E-state index in [2.05, 4.69) is 15.3 Å². The van der Waals surface area contributed by atoms with Crippen molar-refractivity contribution in [2.24, 2.45) is 0 Å². The van der Waals surface area contributed by atoms with Crippen molar-refractivity contribution in [1.82, 2.24) is 9.97 Å². The quantitative estimate of drug-likeness (QED) is 0.364. The maximum Gasteiger partial charge on any atom is 0.300 e. The van der Waals surface area contributed by atoms with Crippen LogP contribution in [0.3, 0.4) is 0 Å². The fourth-order valence-electron chi connectivity index (χ4n) is 3.17. The molecular formula is C23H18ClN3O2. The number of para-hydroxylation sites is 3. The molecule has 0 spiro atoms. The predicted octanol–water partition coefficient (Wildman–Crippen LogP) is 6.64. The normalized spacial score (nSPS) is 10.7. The number of hydrogen-bond acceptors (Lipinski definition) is 5. The standard InChI is InChI=1S/C23H17N3O2.ClH/c1-15-13-21(26-23-25-20-9-5-6-10-22(20)28-23)18-14-17(11-12-19(18)24-15)27-16-7-3-2-4-8-16;/h2-14H,1H3,(H,24,25,26);1H. The molecule has 0 unspecified atom stereocenters. The first-order valence-electron chi connectivity index (χ1n) is 9.01. The minimum absolute atomic E-state index is 0. The van der Waals surface area contributed by atoms with Crippen molar-refractivity contribution < 1.29 is 9.15 Å². The van der Waals surface area contributed by atoms with Crippen molar-refractivity contribution >= 4 is 46.1 Å². The summed E-state index contributed by atoms with van der Waals surface area (Å²) in [5.41, 5.74) is 4.20. The van der Waals surface area contributed by atoms with Crippen molar-refractivity contribution in [1.29, 1.82) is 0 Å². The first kappa shape index (κ1) is 18.8. The molecule has 0 bridgehead atoms. The van der Waals surface area contributed by atoms with Gasteiger partial charge in [0.05, 0.1) is 11.2 Å². The van der Waals surface area contributed by atoms with Gasteiger partial charge in [-0.1, -0.05) is 30.3 Å². The maximum absolute atomic E-state index is 5.98. The minimum Gasteiger partial charge on any atom is -0.457 e. The van der Waals surface area contributed by atoms with E-state index >= 15 is 0 Å². The molecule has 6 heteroatoms. The van der Waals surface area contributed by atoms with Crippen LogP contribution in [-0.2, 0) is 0 Å². The summed E-state index contributed by atoms with van der Waals surface area (Å²) in [7, 11) is 0. The third-order valence-electron chi connectivity index (χ3n) is 4.42. The number of nitrogens with zero attached hydrogens (tertiary/aromatic N) is 2. The number of aryl methyl sites for hydroxylation is 1. The number of halogens is 1. The van der Waals surface area contributed by atoms with Gasteiger partial charge in [0.25, 0.3) is 6.01 Å². The van der Waals surface area contributed by atoms with Crippen LogP contribution in [0.5, 0.6) is 11.5 Å². The second-order valence-corrected chi connectivity index (χ2v) is 6.52. The molecule has 29 heavy (non-hydrogen) atoms. The SMILES string of the molecule is Cc1cc(Nc2nc3ccccc3o2)c2cc(Oc3ccccc3)ccc2n1.Cl. The maximum atomic E-state index is 5.98. The zero-order valence-electron chi connectivity index (χ0n) is 15.6. The number of benzene rings is 3. The molecule has 2 heterocycles. The van der Waals surface area contributed by atoms with E-state index in [-0.39, 0.29) is 12.4 Å². The Morgan fingerprint density at radius 1 is 0.793 bits per heavy atom. The summed E-state index contributed by atoms with van der Waals surface area (Å²) in [6.45, 7) is 1.96. The molecule has 0 atom stereocenters. The van der Waals surface area contributed by atoms with Crippen molar-refractivity contribution in [3.05, 3.63) is 84.6 Å². The highest BCUT2D eigenvalue weighted by atomic mass is 35.5. The number of anilines is 2. The van der Waals surface area contributed by atoms with Crippen molar-refractivity contribution in [3.63, 3.8) is 0 Å². The molecule has 5 rings (SSSR count). The van der Waals surface area contributed by atoms with Crippen molar-refractivity contribution in [3.8, 4) is 11.5 Å². The smallest absolute Gasteiger partial charge is 0.300 e. The molecule has 2 aromatic heterocycles. The Morgan fingerprint density at radius 2 is 1.59 bits per heavy atom. The van der Waals surface area contributed by atoms with Gasteiger partial charge in [0.2, 0.25) is 0 Å². The number of nitrogens with one attached hydrogen (secondary N) is 1. The second-order valence-electron chi connectivity index (χ2n) is 6.52. The highest BCUT2D eigenvalue weighted by molar-refractivity contribution is 5.94. The molecule has 0 fully saturated rings. The van der Waals surface area contributed by atoms with Crippen LogP contribution >= 0.6 is 12.4 Å². The monoisotopic (exact) mass is 403 g/mol. The molecule has 0 saturated heterocycles.